The molecule has 1 aromatic rings. The van der Waals surface area contributed by atoms with Crippen molar-refractivity contribution in [2.24, 2.45) is 23.5 Å². The van der Waals surface area contributed by atoms with Crippen LogP contribution >= 0.6 is 0 Å². The van der Waals surface area contributed by atoms with Gasteiger partial charge in [0.2, 0.25) is 0 Å². The van der Waals surface area contributed by atoms with Gasteiger partial charge in [-0.2, -0.15) is 0 Å². The van der Waals surface area contributed by atoms with Crippen LogP contribution in [0.2, 0.25) is 0 Å². The fourth-order valence-electron chi connectivity index (χ4n) is 3.46. The van der Waals surface area contributed by atoms with Gasteiger partial charge in [0.15, 0.2) is 0 Å². The lowest BCUT2D eigenvalue weighted by Gasteiger charge is -2.35. The molecule has 0 aliphatic heterocycles. The number of hydrogen-bond acceptors (Lipinski definition) is 1. The average Bonchev–Trinajstić information content (AvgIpc) is 2.45. The predicted molar refractivity (Wildman–Crippen MR) is 78.4 cm³/mol. The van der Waals surface area contributed by atoms with Crippen molar-refractivity contribution in [3.63, 3.8) is 0 Å². The molecule has 100 valence electrons. The molecule has 0 radical (unpaired) electrons. The second-order valence-corrected chi connectivity index (χ2v) is 5.87. The van der Waals surface area contributed by atoms with E-state index < -0.39 is 0 Å². The molecule has 18 heavy (non-hydrogen) atoms. The highest BCUT2D eigenvalue weighted by Gasteiger charge is 2.28. The highest BCUT2D eigenvalue weighted by atomic mass is 14.6. The highest BCUT2D eigenvalue weighted by Crippen LogP contribution is 2.37. The first-order chi connectivity index (χ1) is 8.83. The molecule has 1 fully saturated rings. The van der Waals surface area contributed by atoms with E-state index in [0.717, 1.165) is 24.3 Å². The molecular formula is C17H27N. The molecule has 3 atom stereocenters. The number of nitrogens with two attached hydrogens (primary N) is 1. The third-order valence-electron chi connectivity index (χ3n) is 4.78. The van der Waals surface area contributed by atoms with Gasteiger partial charge in [0.05, 0.1) is 0 Å². The number of benzene rings is 1. The molecule has 1 nitrogen and oxygen atoms in total. The van der Waals surface area contributed by atoms with Gasteiger partial charge in [-0.3, -0.25) is 0 Å². The predicted octanol–water partition coefficient (Wildman–Crippen LogP) is 4.02. The molecule has 0 amide bonds. The summed E-state index contributed by atoms with van der Waals surface area (Å²) in [6, 6.07) is 10.9. The van der Waals surface area contributed by atoms with Crippen LogP contribution in [0.1, 0.15) is 44.6 Å². The normalized spacial score (nSPS) is 28.2. The molecule has 0 spiro atoms. The summed E-state index contributed by atoms with van der Waals surface area (Å²) in [4.78, 5) is 0. The maximum Gasteiger partial charge on any atom is -0.00462 e. The molecule has 3 unspecified atom stereocenters. The minimum atomic E-state index is 0.775. The Kier molecular flexibility index (Phi) is 5.25. The molecule has 2 rings (SSSR count). The zero-order valence-electron chi connectivity index (χ0n) is 11.6. The SMILES string of the molecule is CCC1CCC(CN)C(CCc2ccccc2)C1. The first-order valence-electron chi connectivity index (χ1n) is 7.57. The van der Waals surface area contributed by atoms with Crippen LogP contribution < -0.4 is 5.73 Å². The van der Waals surface area contributed by atoms with Crippen LogP contribution in [0.3, 0.4) is 0 Å². The Labute approximate surface area is 112 Å². The minimum absolute atomic E-state index is 0.775. The lowest BCUT2D eigenvalue weighted by Crippen LogP contribution is -2.30. The molecule has 0 saturated heterocycles. The summed E-state index contributed by atoms with van der Waals surface area (Å²) >= 11 is 0. The summed E-state index contributed by atoms with van der Waals surface area (Å²) in [7, 11) is 0. The fraction of sp³-hybridized carbons (Fsp3) is 0.647. The minimum Gasteiger partial charge on any atom is -0.330 e. The summed E-state index contributed by atoms with van der Waals surface area (Å²) in [5.74, 6) is 2.58. The lowest BCUT2D eigenvalue weighted by molar-refractivity contribution is 0.171. The second-order valence-electron chi connectivity index (χ2n) is 5.87. The highest BCUT2D eigenvalue weighted by molar-refractivity contribution is 5.14. The van der Waals surface area contributed by atoms with Crippen LogP contribution in [0.25, 0.3) is 0 Å². The van der Waals surface area contributed by atoms with E-state index in [1.165, 1.54) is 44.1 Å². The number of rotatable bonds is 5. The summed E-state index contributed by atoms with van der Waals surface area (Å²) < 4.78 is 0. The maximum atomic E-state index is 5.95. The van der Waals surface area contributed by atoms with Crippen molar-refractivity contribution in [3.05, 3.63) is 35.9 Å². The Hall–Kier alpha value is -0.820. The van der Waals surface area contributed by atoms with Gasteiger partial charge >= 0.3 is 0 Å². The molecular weight excluding hydrogens is 218 g/mol. The van der Waals surface area contributed by atoms with Gasteiger partial charge in [-0.25, -0.2) is 0 Å². The smallest absolute Gasteiger partial charge is 0.00462 e. The van der Waals surface area contributed by atoms with Crippen LogP contribution in [0.5, 0.6) is 0 Å². The molecule has 1 aliphatic carbocycles. The van der Waals surface area contributed by atoms with Gasteiger partial charge in [-0.05, 0) is 55.5 Å². The van der Waals surface area contributed by atoms with E-state index in [1.807, 2.05) is 0 Å². The topological polar surface area (TPSA) is 26.0 Å². The van der Waals surface area contributed by atoms with Gasteiger partial charge in [0, 0.05) is 0 Å². The Morgan fingerprint density at radius 1 is 1.11 bits per heavy atom. The third kappa shape index (κ3) is 3.58. The first kappa shape index (κ1) is 13.6. The summed E-state index contributed by atoms with van der Waals surface area (Å²) in [5.41, 5.74) is 7.43. The number of hydrogen-bond donors (Lipinski definition) is 1. The van der Waals surface area contributed by atoms with Crippen molar-refractivity contribution >= 4 is 0 Å². The van der Waals surface area contributed by atoms with Gasteiger partial charge in [-0.1, -0.05) is 50.1 Å². The molecule has 0 aromatic heterocycles. The third-order valence-corrected chi connectivity index (χ3v) is 4.78. The van der Waals surface area contributed by atoms with Crippen LogP contribution in [-0.4, -0.2) is 6.54 Å². The van der Waals surface area contributed by atoms with E-state index in [0.29, 0.717) is 0 Å². The second kappa shape index (κ2) is 6.94. The molecule has 2 N–H and O–H groups in total. The van der Waals surface area contributed by atoms with E-state index >= 15 is 0 Å². The van der Waals surface area contributed by atoms with Gasteiger partial charge in [0.25, 0.3) is 0 Å². The standard InChI is InChI=1S/C17H27N/c1-2-14-8-11-17(13-18)16(12-14)10-9-15-6-4-3-5-7-15/h3-7,14,16-17H,2,8-13,18H2,1H3. The molecule has 0 bridgehead atoms. The Morgan fingerprint density at radius 3 is 2.56 bits per heavy atom. The Bertz CT molecular complexity index is 333. The Morgan fingerprint density at radius 2 is 1.89 bits per heavy atom. The van der Waals surface area contributed by atoms with Crippen molar-refractivity contribution in [1.82, 2.24) is 0 Å². The monoisotopic (exact) mass is 245 g/mol. The summed E-state index contributed by atoms with van der Waals surface area (Å²) in [5, 5.41) is 0. The van der Waals surface area contributed by atoms with Crippen LogP contribution in [-0.2, 0) is 6.42 Å². The summed E-state index contributed by atoms with van der Waals surface area (Å²) in [6.45, 7) is 3.22. The van der Waals surface area contributed by atoms with Crippen LogP contribution in [0.15, 0.2) is 30.3 Å². The number of aryl methyl sites for hydroxylation is 1. The van der Waals surface area contributed by atoms with E-state index in [-0.39, 0.29) is 0 Å². The van der Waals surface area contributed by atoms with Crippen molar-refractivity contribution in [3.8, 4) is 0 Å². The van der Waals surface area contributed by atoms with Crippen molar-refractivity contribution in [1.29, 1.82) is 0 Å². The lowest BCUT2D eigenvalue weighted by atomic mass is 9.71. The van der Waals surface area contributed by atoms with Gasteiger partial charge in [-0.15, -0.1) is 0 Å². The van der Waals surface area contributed by atoms with E-state index in [2.05, 4.69) is 37.3 Å². The van der Waals surface area contributed by atoms with Crippen LogP contribution in [0.4, 0.5) is 0 Å². The summed E-state index contributed by atoms with van der Waals surface area (Å²) in [6.07, 6.45) is 8.06. The molecule has 1 aliphatic rings. The van der Waals surface area contributed by atoms with E-state index in [1.54, 1.807) is 0 Å². The zero-order chi connectivity index (χ0) is 12.8. The van der Waals surface area contributed by atoms with Crippen molar-refractivity contribution in [2.45, 2.75) is 45.4 Å². The van der Waals surface area contributed by atoms with E-state index in [4.69, 9.17) is 5.73 Å². The van der Waals surface area contributed by atoms with E-state index in [9.17, 15) is 0 Å². The Balaban J connectivity index is 1.88. The molecule has 0 heterocycles. The molecule has 1 heteroatoms. The largest absolute Gasteiger partial charge is 0.330 e. The van der Waals surface area contributed by atoms with Gasteiger partial charge < -0.3 is 5.73 Å². The zero-order valence-corrected chi connectivity index (χ0v) is 11.6. The quantitative estimate of drug-likeness (QED) is 0.833. The van der Waals surface area contributed by atoms with Crippen molar-refractivity contribution < 1.29 is 0 Å². The first-order valence-corrected chi connectivity index (χ1v) is 7.57. The van der Waals surface area contributed by atoms with Crippen molar-refractivity contribution in [2.75, 3.05) is 6.54 Å². The molecule has 1 saturated carbocycles. The van der Waals surface area contributed by atoms with Gasteiger partial charge in [0.1, 0.15) is 0 Å². The van der Waals surface area contributed by atoms with Crippen LogP contribution in [0, 0.1) is 17.8 Å². The average molecular weight is 245 g/mol. The maximum absolute atomic E-state index is 5.95. The molecule has 1 aromatic carbocycles. The fourth-order valence-corrected chi connectivity index (χ4v) is 3.46.